The van der Waals surface area contributed by atoms with Gasteiger partial charge >= 0.3 is 0 Å². The van der Waals surface area contributed by atoms with E-state index in [0.717, 1.165) is 44.0 Å². The zero-order valence-corrected chi connectivity index (χ0v) is 29.3. The first-order valence-electron chi connectivity index (χ1n) is 22.9. The van der Waals surface area contributed by atoms with Gasteiger partial charge in [0.05, 0.1) is 13.7 Å². The zero-order chi connectivity index (χ0) is 45.7. The minimum absolute atomic E-state index is 0.0219. The minimum Gasteiger partial charge on any atom is -0.455 e. The largest absolute Gasteiger partial charge is 0.455 e. The van der Waals surface area contributed by atoms with Crippen molar-refractivity contribution in [3.63, 3.8) is 0 Å². The van der Waals surface area contributed by atoms with Crippen LogP contribution in [0.4, 0.5) is 0 Å². The first kappa shape index (κ1) is 23.2. The molecular formula is C51H31N3O2. The van der Waals surface area contributed by atoms with E-state index in [2.05, 4.69) is 0 Å². The molecule has 0 unspecified atom stereocenters. The van der Waals surface area contributed by atoms with Crippen molar-refractivity contribution in [2.45, 2.75) is 0 Å². The van der Waals surface area contributed by atoms with Gasteiger partial charge in [0.1, 0.15) is 22.3 Å². The Hall–Kier alpha value is -7.63. The van der Waals surface area contributed by atoms with Crippen LogP contribution in [0.3, 0.4) is 0 Å². The number of fused-ring (bicyclic) bond motifs is 6. The first-order valence-corrected chi connectivity index (χ1v) is 17.9. The van der Waals surface area contributed by atoms with Gasteiger partial charge in [-0.25, -0.2) is 15.0 Å². The maximum absolute atomic E-state index is 9.63. The molecule has 0 spiro atoms. The van der Waals surface area contributed by atoms with Gasteiger partial charge in [0.25, 0.3) is 0 Å². The molecule has 0 aliphatic heterocycles. The van der Waals surface area contributed by atoms with Crippen molar-refractivity contribution in [3.05, 3.63) is 188 Å². The molecule has 262 valence electrons. The van der Waals surface area contributed by atoms with Crippen molar-refractivity contribution < 1.29 is 22.5 Å². The third-order valence-corrected chi connectivity index (χ3v) is 9.84. The van der Waals surface area contributed by atoms with Crippen LogP contribution < -0.4 is 0 Å². The number of furan rings is 2. The normalized spacial score (nSPS) is 14.1. The highest BCUT2D eigenvalue weighted by Crippen LogP contribution is 2.42. The Labute approximate surface area is 336 Å². The average Bonchev–Trinajstić information content (AvgIpc) is 3.93. The summed E-state index contributed by atoms with van der Waals surface area (Å²) in [7, 11) is 0. The minimum atomic E-state index is -0.681. The van der Waals surface area contributed by atoms with Gasteiger partial charge in [0.2, 0.25) is 0 Å². The third-order valence-electron chi connectivity index (χ3n) is 9.84. The van der Waals surface area contributed by atoms with Gasteiger partial charge in [-0.15, -0.1) is 0 Å². The van der Waals surface area contributed by atoms with Crippen LogP contribution in [0.1, 0.15) is 13.7 Å². The maximum Gasteiger partial charge on any atom is 0.164 e. The molecule has 0 aliphatic carbocycles. The van der Waals surface area contributed by atoms with Gasteiger partial charge in [-0.1, -0.05) is 164 Å². The Morgan fingerprint density at radius 3 is 1.62 bits per heavy atom. The van der Waals surface area contributed by atoms with Gasteiger partial charge in [-0.05, 0) is 46.5 Å². The van der Waals surface area contributed by atoms with Crippen molar-refractivity contribution in [3.8, 4) is 67.5 Å². The Bertz CT molecular complexity index is 3800. The summed E-state index contributed by atoms with van der Waals surface area (Å²) in [5.74, 6) is -0.180. The van der Waals surface area contributed by atoms with Crippen LogP contribution in [0.5, 0.6) is 0 Å². The van der Waals surface area contributed by atoms with Crippen LogP contribution in [0, 0.1) is 0 Å². The summed E-state index contributed by atoms with van der Waals surface area (Å²) in [4.78, 5) is 14.3. The Morgan fingerprint density at radius 1 is 0.339 bits per heavy atom. The van der Waals surface area contributed by atoms with Gasteiger partial charge in [0, 0.05) is 49.4 Å². The van der Waals surface area contributed by atoms with Crippen molar-refractivity contribution in [2.24, 2.45) is 0 Å². The van der Waals surface area contributed by atoms with Crippen molar-refractivity contribution in [1.29, 1.82) is 0 Å². The summed E-state index contributed by atoms with van der Waals surface area (Å²) in [5.41, 5.74) is 5.24. The molecule has 5 nitrogen and oxygen atoms in total. The summed E-state index contributed by atoms with van der Waals surface area (Å²) in [5, 5.41) is 3.38. The monoisotopic (exact) mass is 727 g/mol. The number of rotatable bonds is 6. The van der Waals surface area contributed by atoms with Crippen molar-refractivity contribution >= 4 is 43.9 Å². The molecule has 0 saturated heterocycles. The number of para-hydroxylation sites is 3. The van der Waals surface area contributed by atoms with E-state index in [4.69, 9.17) is 34.8 Å². The summed E-state index contributed by atoms with van der Waals surface area (Å²) in [6.07, 6.45) is 0. The molecule has 0 radical (unpaired) electrons. The molecule has 0 atom stereocenters. The van der Waals surface area contributed by atoms with Gasteiger partial charge in [0.15, 0.2) is 17.5 Å². The molecular weight excluding hydrogens is 687 g/mol. The molecule has 0 N–H and O–H groups in total. The van der Waals surface area contributed by atoms with E-state index in [1.165, 1.54) is 0 Å². The summed E-state index contributed by atoms with van der Waals surface area (Å²) in [6.45, 7) is 0. The lowest BCUT2D eigenvalue weighted by atomic mass is 10.00. The number of nitrogens with zero attached hydrogens (tertiary/aromatic N) is 3. The zero-order valence-electron chi connectivity index (χ0n) is 39.3. The van der Waals surface area contributed by atoms with Crippen LogP contribution in [0.25, 0.3) is 111 Å². The summed E-state index contributed by atoms with van der Waals surface area (Å²) >= 11 is 0. The molecule has 11 rings (SSSR count). The summed E-state index contributed by atoms with van der Waals surface area (Å²) < 4.78 is 101. The first-order chi connectivity index (χ1) is 31.9. The number of aromatic nitrogens is 3. The Balaban J connectivity index is 1.13. The molecule has 56 heavy (non-hydrogen) atoms. The van der Waals surface area contributed by atoms with E-state index < -0.39 is 65.5 Å². The quantitative estimate of drug-likeness (QED) is 0.171. The molecule has 3 heterocycles. The molecule has 11 aromatic rings. The standard InChI is InChI=1S/C51H31N3O2/c1-3-12-32(13-4-1)34-24-26-35(27-25-34)49-52-50(37-17-9-16-36(30-37)33-14-5-2-6-15-33)54-51(53-49)38-28-29-40-42-20-11-22-44(48(42)56-46(40)31-38)43-21-10-19-41-39-18-7-8-23-45(39)55-47(41)43/h1-31H/i2D,5D,6D,9D,14D,15D,16D,17D,30D,31D. The SMILES string of the molecule is [2H]c1c([2H])c([2H])c(-c2c([2H])c([2H])c([2H])c(-c3nc(-c4ccc(-c5ccccc5)cc4)nc(-c4ccc5c(oc6c(-c7cccc8c7oc7ccccc78)cccc65)c4[2H])n3)c2[2H])c([2H])c1[2H]. The van der Waals surface area contributed by atoms with E-state index in [9.17, 15) is 2.74 Å². The van der Waals surface area contributed by atoms with Crippen LogP contribution in [-0.2, 0) is 0 Å². The predicted molar refractivity (Wildman–Crippen MR) is 227 cm³/mol. The van der Waals surface area contributed by atoms with Crippen molar-refractivity contribution in [2.75, 3.05) is 0 Å². The molecule has 0 amide bonds. The van der Waals surface area contributed by atoms with Crippen LogP contribution in [0.2, 0.25) is 0 Å². The molecule has 0 saturated carbocycles. The lowest BCUT2D eigenvalue weighted by Crippen LogP contribution is -2.00. The average molecular weight is 728 g/mol. The van der Waals surface area contributed by atoms with Crippen LogP contribution in [0.15, 0.2) is 197 Å². The molecule has 8 aromatic carbocycles. The van der Waals surface area contributed by atoms with E-state index in [1.807, 2.05) is 121 Å². The number of benzene rings is 8. The second-order valence-electron chi connectivity index (χ2n) is 13.2. The summed E-state index contributed by atoms with van der Waals surface area (Å²) in [6, 6.07) is 34.3. The molecule has 0 bridgehead atoms. The fourth-order valence-corrected chi connectivity index (χ4v) is 7.16. The van der Waals surface area contributed by atoms with E-state index in [1.54, 1.807) is 6.07 Å². The van der Waals surface area contributed by atoms with Gasteiger partial charge < -0.3 is 8.83 Å². The molecule has 5 heteroatoms. The van der Waals surface area contributed by atoms with Crippen LogP contribution >= 0.6 is 0 Å². The van der Waals surface area contributed by atoms with Gasteiger partial charge in [-0.2, -0.15) is 0 Å². The molecule has 0 fully saturated rings. The lowest BCUT2D eigenvalue weighted by Gasteiger charge is -2.10. The van der Waals surface area contributed by atoms with E-state index >= 15 is 0 Å². The molecule has 0 aliphatic rings. The fourth-order valence-electron chi connectivity index (χ4n) is 7.16. The third kappa shape index (κ3) is 5.45. The lowest BCUT2D eigenvalue weighted by molar-refractivity contribution is 0.665. The second kappa shape index (κ2) is 13.0. The molecule has 3 aromatic heterocycles. The Kier molecular flexibility index (Phi) is 5.41. The second-order valence-corrected chi connectivity index (χ2v) is 13.2. The van der Waals surface area contributed by atoms with Crippen molar-refractivity contribution in [1.82, 2.24) is 15.0 Å². The highest BCUT2D eigenvalue weighted by atomic mass is 16.3. The van der Waals surface area contributed by atoms with E-state index in [-0.39, 0.29) is 40.2 Å². The smallest absolute Gasteiger partial charge is 0.164 e. The van der Waals surface area contributed by atoms with E-state index in [0.29, 0.717) is 22.1 Å². The predicted octanol–water partition coefficient (Wildman–Crippen LogP) is 13.7. The number of hydrogen-bond acceptors (Lipinski definition) is 5. The fraction of sp³-hybridized carbons (Fsp3) is 0. The Morgan fingerprint density at radius 2 is 0.875 bits per heavy atom. The van der Waals surface area contributed by atoms with Gasteiger partial charge in [-0.3, -0.25) is 0 Å². The number of hydrogen-bond donors (Lipinski definition) is 0. The highest BCUT2D eigenvalue weighted by Gasteiger charge is 2.19. The highest BCUT2D eigenvalue weighted by molar-refractivity contribution is 6.15. The maximum atomic E-state index is 9.63. The topological polar surface area (TPSA) is 65.0 Å². The van der Waals surface area contributed by atoms with Crippen LogP contribution in [-0.4, -0.2) is 15.0 Å².